The molecule has 0 bridgehead atoms. The lowest BCUT2D eigenvalue weighted by atomic mass is 10.1. The average molecular weight is 527 g/mol. The zero-order valence-corrected chi connectivity index (χ0v) is 20.6. The van der Waals surface area contributed by atoms with Crippen LogP contribution in [-0.4, -0.2) is 20.8 Å². The van der Waals surface area contributed by atoms with Crippen LogP contribution in [0.25, 0.3) is 0 Å². The largest absolute Gasteiger partial charge is 0.497 e. The molecule has 0 aliphatic carbocycles. The number of methoxy groups -OCH3 is 2. The molecular weight excluding hydrogens is 501 g/mol. The predicted octanol–water partition coefficient (Wildman–Crippen LogP) is 6.45. The van der Waals surface area contributed by atoms with Crippen LogP contribution >= 0.6 is 39.9 Å². The summed E-state index contributed by atoms with van der Waals surface area (Å²) in [4.78, 5) is 0. The first-order chi connectivity index (χ1) is 14.6. The van der Waals surface area contributed by atoms with Gasteiger partial charge in [-0.25, -0.2) is 0 Å². The van der Waals surface area contributed by atoms with E-state index in [1.54, 1.807) is 14.2 Å². The Morgan fingerprint density at radius 1 is 0.871 bits per heavy atom. The van der Waals surface area contributed by atoms with Crippen LogP contribution in [0.3, 0.4) is 0 Å². The Morgan fingerprint density at radius 2 is 1.55 bits per heavy atom. The van der Waals surface area contributed by atoms with Gasteiger partial charge in [0.2, 0.25) is 0 Å². The lowest BCUT2D eigenvalue weighted by Crippen LogP contribution is -2.16. The van der Waals surface area contributed by atoms with Crippen molar-refractivity contribution in [1.82, 2.24) is 5.32 Å². The van der Waals surface area contributed by atoms with Crippen LogP contribution in [0.2, 0.25) is 5.02 Å². The van der Waals surface area contributed by atoms with E-state index < -0.39 is 0 Å². The lowest BCUT2D eigenvalue weighted by molar-refractivity contribution is 0.282. The van der Waals surface area contributed by atoms with E-state index in [-0.39, 0.29) is 12.4 Å². The van der Waals surface area contributed by atoms with Crippen molar-refractivity contribution in [3.63, 3.8) is 0 Å². The van der Waals surface area contributed by atoms with Gasteiger partial charge in [-0.3, -0.25) is 0 Å². The van der Waals surface area contributed by atoms with E-state index >= 15 is 0 Å². The molecule has 0 aliphatic rings. The third-order valence-electron chi connectivity index (χ3n) is 4.66. The fourth-order valence-corrected chi connectivity index (χ4v) is 3.74. The van der Waals surface area contributed by atoms with E-state index in [1.165, 1.54) is 5.56 Å². The van der Waals surface area contributed by atoms with Gasteiger partial charge in [-0.05, 0) is 82.0 Å². The van der Waals surface area contributed by atoms with Crippen LogP contribution in [0, 0.1) is 0 Å². The molecule has 0 radical (unpaired) electrons. The summed E-state index contributed by atoms with van der Waals surface area (Å²) < 4.78 is 17.6. The molecule has 0 fully saturated rings. The monoisotopic (exact) mass is 525 g/mol. The van der Waals surface area contributed by atoms with Crippen molar-refractivity contribution in [2.45, 2.75) is 19.6 Å². The second-order valence-corrected chi connectivity index (χ2v) is 8.09. The average Bonchev–Trinajstić information content (AvgIpc) is 2.77. The molecule has 4 nitrogen and oxygen atoms in total. The highest BCUT2D eigenvalue weighted by molar-refractivity contribution is 9.10. The first kappa shape index (κ1) is 25.3. The van der Waals surface area contributed by atoms with E-state index in [9.17, 15) is 0 Å². The van der Waals surface area contributed by atoms with Gasteiger partial charge in [0.05, 0.1) is 18.7 Å². The summed E-state index contributed by atoms with van der Waals surface area (Å²) in [6.45, 7) is 2.05. The van der Waals surface area contributed by atoms with Gasteiger partial charge in [-0.2, -0.15) is 0 Å². The summed E-state index contributed by atoms with van der Waals surface area (Å²) in [5, 5.41) is 4.19. The minimum Gasteiger partial charge on any atom is -0.497 e. The Labute approximate surface area is 203 Å². The molecule has 0 spiro atoms. The maximum atomic E-state index is 6.00. The molecule has 0 saturated carbocycles. The third kappa shape index (κ3) is 7.62. The van der Waals surface area contributed by atoms with E-state index in [2.05, 4.69) is 39.4 Å². The Bertz CT molecular complexity index is 950. The Morgan fingerprint density at radius 3 is 2.19 bits per heavy atom. The molecule has 0 amide bonds. The van der Waals surface area contributed by atoms with Crippen molar-refractivity contribution in [1.29, 1.82) is 0 Å². The zero-order chi connectivity index (χ0) is 21.3. The van der Waals surface area contributed by atoms with Crippen molar-refractivity contribution in [3.8, 4) is 17.2 Å². The van der Waals surface area contributed by atoms with Crippen LogP contribution in [0.1, 0.15) is 16.7 Å². The quantitative estimate of drug-likeness (QED) is 0.308. The van der Waals surface area contributed by atoms with Gasteiger partial charge < -0.3 is 19.5 Å². The number of hydrogen-bond acceptors (Lipinski definition) is 4. The summed E-state index contributed by atoms with van der Waals surface area (Å²) in [6.07, 6.45) is 0.949. The fourth-order valence-electron chi connectivity index (χ4n) is 3.01. The zero-order valence-electron chi connectivity index (χ0n) is 17.5. The number of nitrogens with one attached hydrogen (secondary N) is 1. The summed E-state index contributed by atoms with van der Waals surface area (Å²) in [7, 11) is 3.33. The van der Waals surface area contributed by atoms with Gasteiger partial charge in [0.1, 0.15) is 12.4 Å². The molecule has 0 saturated heterocycles. The number of rotatable bonds is 10. The maximum absolute atomic E-state index is 6.00. The minimum absolute atomic E-state index is 0. The van der Waals surface area contributed by atoms with Crippen molar-refractivity contribution in [2.75, 3.05) is 20.8 Å². The van der Waals surface area contributed by atoms with E-state index in [4.69, 9.17) is 25.8 Å². The molecule has 3 rings (SSSR count). The number of benzene rings is 3. The Balaban J connectivity index is 0.00000341. The first-order valence-corrected chi connectivity index (χ1v) is 10.8. The molecule has 0 unspecified atom stereocenters. The highest BCUT2D eigenvalue weighted by Gasteiger charge is 2.12. The second-order valence-electron chi connectivity index (χ2n) is 6.80. The molecular formula is C24H26BrCl2NO3. The van der Waals surface area contributed by atoms with Crippen LogP contribution in [0.5, 0.6) is 17.2 Å². The Kier molecular flexibility index (Phi) is 10.5. The van der Waals surface area contributed by atoms with Gasteiger partial charge in [0.15, 0.2) is 11.5 Å². The van der Waals surface area contributed by atoms with Crippen LogP contribution in [0.4, 0.5) is 0 Å². The summed E-state index contributed by atoms with van der Waals surface area (Å²) >= 11 is 9.56. The fraction of sp³-hybridized carbons (Fsp3) is 0.250. The predicted molar refractivity (Wildman–Crippen MR) is 132 cm³/mol. The van der Waals surface area contributed by atoms with Crippen molar-refractivity contribution >= 4 is 39.9 Å². The normalized spacial score (nSPS) is 10.3. The molecule has 166 valence electrons. The van der Waals surface area contributed by atoms with Gasteiger partial charge in [0.25, 0.3) is 0 Å². The molecule has 0 heterocycles. The van der Waals surface area contributed by atoms with Crippen LogP contribution < -0.4 is 19.5 Å². The van der Waals surface area contributed by atoms with Gasteiger partial charge >= 0.3 is 0 Å². The van der Waals surface area contributed by atoms with E-state index in [0.717, 1.165) is 40.9 Å². The summed E-state index contributed by atoms with van der Waals surface area (Å²) in [5.74, 6) is 2.27. The lowest BCUT2D eigenvalue weighted by Gasteiger charge is -2.15. The maximum Gasteiger partial charge on any atom is 0.175 e. The smallest absolute Gasteiger partial charge is 0.175 e. The highest BCUT2D eigenvalue weighted by Crippen LogP contribution is 2.37. The number of halogens is 3. The van der Waals surface area contributed by atoms with E-state index in [1.807, 2.05) is 42.5 Å². The molecule has 3 aromatic rings. The summed E-state index contributed by atoms with van der Waals surface area (Å²) in [6, 6.07) is 19.8. The molecule has 0 aromatic heterocycles. The molecule has 1 N–H and O–H groups in total. The molecule has 7 heteroatoms. The molecule has 0 aliphatic heterocycles. The van der Waals surface area contributed by atoms with Crippen molar-refractivity contribution in [3.05, 3.63) is 86.8 Å². The van der Waals surface area contributed by atoms with E-state index in [0.29, 0.717) is 23.1 Å². The van der Waals surface area contributed by atoms with Gasteiger partial charge in [-0.1, -0.05) is 35.9 Å². The topological polar surface area (TPSA) is 39.7 Å². The highest BCUT2D eigenvalue weighted by atomic mass is 79.9. The van der Waals surface area contributed by atoms with Gasteiger partial charge in [0, 0.05) is 11.6 Å². The standard InChI is InChI=1S/C24H25BrClNO3.ClH/c1-28-21-9-5-17(6-10-21)11-12-27-15-19-13-22(25)24(23(14-19)29-2)30-16-18-3-7-20(26)8-4-18;/h3-10,13-14,27H,11-12,15-16H2,1-2H3;1H. The number of ether oxygens (including phenoxy) is 3. The Hall–Kier alpha value is -1.92. The first-order valence-electron chi connectivity index (χ1n) is 9.66. The van der Waals surface area contributed by atoms with Crippen LogP contribution in [-0.2, 0) is 19.6 Å². The van der Waals surface area contributed by atoms with Gasteiger partial charge in [-0.15, -0.1) is 12.4 Å². The molecule has 0 atom stereocenters. The molecule has 31 heavy (non-hydrogen) atoms. The SMILES string of the molecule is COc1ccc(CCNCc2cc(Br)c(OCc3ccc(Cl)cc3)c(OC)c2)cc1.Cl. The third-order valence-corrected chi connectivity index (χ3v) is 5.51. The molecule has 3 aromatic carbocycles. The minimum atomic E-state index is 0. The number of hydrogen-bond donors (Lipinski definition) is 1. The summed E-state index contributed by atoms with van der Waals surface area (Å²) in [5.41, 5.74) is 3.43. The van der Waals surface area contributed by atoms with Crippen LogP contribution in [0.15, 0.2) is 65.1 Å². The van der Waals surface area contributed by atoms with Crippen molar-refractivity contribution < 1.29 is 14.2 Å². The second kappa shape index (κ2) is 12.8. The van der Waals surface area contributed by atoms with Crippen molar-refractivity contribution in [2.24, 2.45) is 0 Å².